The van der Waals surface area contributed by atoms with Crippen molar-refractivity contribution in [2.24, 2.45) is 0 Å². The molecule has 0 saturated heterocycles. The van der Waals surface area contributed by atoms with Crippen LogP contribution in [0.4, 0.5) is 5.69 Å². The number of aromatic nitrogens is 1. The molecule has 8 nitrogen and oxygen atoms in total. The third kappa shape index (κ3) is 3.64. The zero-order valence-corrected chi connectivity index (χ0v) is 15.5. The maximum absolute atomic E-state index is 12.4. The van der Waals surface area contributed by atoms with E-state index in [-0.39, 0.29) is 18.3 Å². The molecule has 0 fully saturated rings. The van der Waals surface area contributed by atoms with Crippen LogP contribution in [0.25, 0.3) is 0 Å². The number of ketones is 1. The number of anilines is 1. The number of rotatable bonds is 5. The van der Waals surface area contributed by atoms with Gasteiger partial charge in [0, 0.05) is 23.0 Å². The summed E-state index contributed by atoms with van der Waals surface area (Å²) in [7, 11) is 0. The summed E-state index contributed by atoms with van der Waals surface area (Å²) in [5.41, 5.74) is 2.22. The number of ether oxygens (including phenoxy) is 3. The van der Waals surface area contributed by atoms with E-state index in [1.54, 1.807) is 32.0 Å². The highest BCUT2D eigenvalue weighted by atomic mass is 16.7. The van der Waals surface area contributed by atoms with Gasteiger partial charge in [-0.05, 0) is 45.4 Å². The predicted octanol–water partition coefficient (Wildman–Crippen LogP) is 2.75. The lowest BCUT2D eigenvalue weighted by molar-refractivity contribution is -0.123. The summed E-state index contributed by atoms with van der Waals surface area (Å²) >= 11 is 0. The second-order valence-electron chi connectivity index (χ2n) is 6.29. The monoisotopic (exact) mass is 372 g/mol. The zero-order chi connectivity index (χ0) is 19.7. The van der Waals surface area contributed by atoms with E-state index >= 15 is 0 Å². The second-order valence-corrected chi connectivity index (χ2v) is 6.29. The second kappa shape index (κ2) is 7.14. The number of benzene rings is 1. The van der Waals surface area contributed by atoms with Crippen LogP contribution in [0.5, 0.6) is 11.5 Å². The van der Waals surface area contributed by atoms with E-state index in [1.165, 1.54) is 13.8 Å². The molecule has 0 radical (unpaired) electrons. The first-order valence-electron chi connectivity index (χ1n) is 8.39. The standard InChI is InChI=1S/C19H20N2O6/c1-9-16(11(3)22)10(2)20-17(9)19(24)27-12(4)18(23)21-13-5-6-14-15(7-13)26-8-25-14/h5-7,12,20H,8H2,1-4H3,(H,21,23)/t12-/m0/s1. The number of aromatic amines is 1. The van der Waals surface area contributed by atoms with E-state index in [1.807, 2.05) is 0 Å². The van der Waals surface area contributed by atoms with Gasteiger partial charge >= 0.3 is 5.97 Å². The van der Waals surface area contributed by atoms with Crippen molar-refractivity contribution in [3.63, 3.8) is 0 Å². The van der Waals surface area contributed by atoms with Crippen molar-refractivity contribution in [1.29, 1.82) is 0 Å². The van der Waals surface area contributed by atoms with Crippen LogP contribution in [0.15, 0.2) is 18.2 Å². The van der Waals surface area contributed by atoms with Gasteiger partial charge in [-0.25, -0.2) is 4.79 Å². The van der Waals surface area contributed by atoms with Crippen molar-refractivity contribution in [1.82, 2.24) is 4.98 Å². The van der Waals surface area contributed by atoms with E-state index in [4.69, 9.17) is 14.2 Å². The Bertz CT molecular complexity index is 931. The Hall–Kier alpha value is -3.29. The Morgan fingerprint density at radius 1 is 1.19 bits per heavy atom. The Morgan fingerprint density at radius 2 is 1.89 bits per heavy atom. The molecular weight excluding hydrogens is 352 g/mol. The lowest BCUT2D eigenvalue weighted by Gasteiger charge is -2.13. The number of H-pyrrole nitrogens is 1. The van der Waals surface area contributed by atoms with Crippen molar-refractivity contribution in [3.8, 4) is 11.5 Å². The fourth-order valence-corrected chi connectivity index (χ4v) is 2.97. The largest absolute Gasteiger partial charge is 0.454 e. The Morgan fingerprint density at radius 3 is 2.56 bits per heavy atom. The molecule has 1 atom stereocenters. The summed E-state index contributed by atoms with van der Waals surface area (Å²) in [6.45, 7) is 6.40. The molecule has 2 N–H and O–H groups in total. The van der Waals surface area contributed by atoms with Crippen LogP contribution >= 0.6 is 0 Å². The van der Waals surface area contributed by atoms with Crippen molar-refractivity contribution < 1.29 is 28.6 Å². The fourth-order valence-electron chi connectivity index (χ4n) is 2.97. The fraction of sp³-hybridized carbons (Fsp3) is 0.316. The first-order valence-corrected chi connectivity index (χ1v) is 8.39. The zero-order valence-electron chi connectivity index (χ0n) is 15.5. The van der Waals surface area contributed by atoms with Crippen molar-refractivity contribution >= 4 is 23.3 Å². The minimum Gasteiger partial charge on any atom is -0.454 e. The van der Waals surface area contributed by atoms with E-state index in [0.29, 0.717) is 34.0 Å². The van der Waals surface area contributed by atoms with Gasteiger partial charge in [0.05, 0.1) is 0 Å². The molecule has 0 aliphatic carbocycles. The Labute approximate surface area is 155 Å². The lowest BCUT2D eigenvalue weighted by atomic mass is 10.1. The van der Waals surface area contributed by atoms with Crippen molar-refractivity contribution in [2.75, 3.05) is 12.1 Å². The average molecular weight is 372 g/mol. The molecule has 0 saturated carbocycles. The highest BCUT2D eigenvalue weighted by Gasteiger charge is 2.25. The molecular formula is C19H20N2O6. The first kappa shape index (κ1) is 18.5. The smallest absolute Gasteiger partial charge is 0.355 e. The molecule has 1 aliphatic heterocycles. The number of hydrogen-bond donors (Lipinski definition) is 2. The van der Waals surface area contributed by atoms with Crippen molar-refractivity contribution in [3.05, 3.63) is 40.7 Å². The Kier molecular flexibility index (Phi) is 4.89. The number of amides is 1. The van der Waals surface area contributed by atoms with Crippen molar-refractivity contribution in [2.45, 2.75) is 33.8 Å². The van der Waals surface area contributed by atoms with Crippen LogP contribution in [0, 0.1) is 13.8 Å². The highest BCUT2D eigenvalue weighted by Crippen LogP contribution is 2.34. The van der Waals surface area contributed by atoms with Gasteiger partial charge in [0.15, 0.2) is 23.4 Å². The third-order valence-electron chi connectivity index (χ3n) is 4.29. The molecule has 2 heterocycles. The highest BCUT2D eigenvalue weighted by molar-refractivity contribution is 6.02. The summed E-state index contributed by atoms with van der Waals surface area (Å²) in [6, 6.07) is 4.98. The van der Waals surface area contributed by atoms with E-state index in [2.05, 4.69) is 10.3 Å². The first-order chi connectivity index (χ1) is 12.8. The molecule has 0 unspecified atom stereocenters. The Balaban J connectivity index is 1.67. The van der Waals surface area contributed by atoms with Gasteiger partial charge in [0.2, 0.25) is 6.79 Å². The minimum absolute atomic E-state index is 0.137. The number of hydrogen-bond acceptors (Lipinski definition) is 6. The number of esters is 1. The average Bonchev–Trinajstić information content (AvgIpc) is 3.18. The van der Waals surface area contributed by atoms with Crippen LogP contribution in [0.3, 0.4) is 0 Å². The molecule has 1 aliphatic rings. The van der Waals surface area contributed by atoms with Gasteiger partial charge < -0.3 is 24.5 Å². The topological polar surface area (TPSA) is 107 Å². The number of nitrogens with one attached hydrogen (secondary N) is 2. The molecule has 0 bridgehead atoms. The van der Waals surface area contributed by atoms with Crippen LogP contribution in [0.1, 0.15) is 46.0 Å². The number of aryl methyl sites for hydroxylation is 1. The molecule has 2 aromatic rings. The molecule has 3 rings (SSSR count). The molecule has 1 amide bonds. The van der Waals surface area contributed by atoms with E-state index in [9.17, 15) is 14.4 Å². The van der Waals surface area contributed by atoms with Gasteiger partial charge in [-0.2, -0.15) is 0 Å². The normalized spacial score (nSPS) is 13.2. The summed E-state index contributed by atoms with van der Waals surface area (Å²) in [5.74, 6) is -0.196. The van der Waals surface area contributed by atoms with Crippen LogP contribution in [-0.4, -0.2) is 35.5 Å². The van der Waals surface area contributed by atoms with E-state index < -0.39 is 18.0 Å². The number of Topliss-reactive ketones (excluding diaryl/α,β-unsaturated/α-hetero) is 1. The van der Waals surface area contributed by atoms with Gasteiger partial charge in [-0.1, -0.05) is 0 Å². The summed E-state index contributed by atoms with van der Waals surface area (Å²) < 4.78 is 15.7. The van der Waals surface area contributed by atoms with Gasteiger partial charge in [-0.3, -0.25) is 9.59 Å². The van der Waals surface area contributed by atoms with Crippen LogP contribution in [0.2, 0.25) is 0 Å². The summed E-state index contributed by atoms with van der Waals surface area (Å²) in [5, 5.41) is 2.66. The lowest BCUT2D eigenvalue weighted by Crippen LogP contribution is -2.30. The summed E-state index contributed by atoms with van der Waals surface area (Å²) in [6.07, 6.45) is -1.04. The van der Waals surface area contributed by atoms with Gasteiger partial charge in [-0.15, -0.1) is 0 Å². The van der Waals surface area contributed by atoms with Gasteiger partial charge in [0.25, 0.3) is 5.91 Å². The molecule has 142 valence electrons. The summed E-state index contributed by atoms with van der Waals surface area (Å²) in [4.78, 5) is 39.3. The van der Waals surface area contributed by atoms with Gasteiger partial charge in [0.1, 0.15) is 5.69 Å². The number of carbonyl (C=O) groups is 3. The maximum Gasteiger partial charge on any atom is 0.355 e. The third-order valence-corrected chi connectivity index (χ3v) is 4.29. The molecule has 8 heteroatoms. The number of carbonyl (C=O) groups excluding carboxylic acids is 3. The molecule has 0 spiro atoms. The SMILES string of the molecule is CC(=O)c1c(C)[nH]c(C(=O)O[C@@H](C)C(=O)Nc2ccc3c(c2)OCO3)c1C. The van der Waals surface area contributed by atoms with E-state index in [0.717, 1.165) is 0 Å². The quantitative estimate of drug-likeness (QED) is 0.617. The number of fused-ring (bicyclic) bond motifs is 1. The van der Waals surface area contributed by atoms with Crippen LogP contribution < -0.4 is 14.8 Å². The maximum atomic E-state index is 12.4. The molecule has 27 heavy (non-hydrogen) atoms. The molecule has 1 aromatic carbocycles. The van der Waals surface area contributed by atoms with Crippen LogP contribution in [-0.2, 0) is 9.53 Å². The predicted molar refractivity (Wildman–Crippen MR) is 96.3 cm³/mol. The minimum atomic E-state index is -1.04. The molecule has 1 aromatic heterocycles.